The molecule has 1 saturated heterocycles. The van der Waals surface area contributed by atoms with Crippen LogP contribution in [-0.2, 0) is 6.54 Å². The number of anilines is 1. The lowest BCUT2D eigenvalue weighted by Gasteiger charge is -2.34. The number of nitrogens with zero attached hydrogens (tertiary/aromatic N) is 3. The van der Waals surface area contributed by atoms with Crippen LogP contribution in [0.3, 0.4) is 0 Å². The van der Waals surface area contributed by atoms with Crippen molar-refractivity contribution in [1.82, 2.24) is 14.8 Å². The van der Waals surface area contributed by atoms with Crippen LogP contribution in [0.4, 0.5) is 5.82 Å². The van der Waals surface area contributed by atoms with Crippen molar-refractivity contribution in [2.75, 3.05) is 38.0 Å². The van der Waals surface area contributed by atoms with Gasteiger partial charge in [-0.05, 0) is 30.0 Å². The first-order valence-electron chi connectivity index (χ1n) is 9.87. The van der Waals surface area contributed by atoms with Gasteiger partial charge in [-0.15, -0.1) is 0 Å². The van der Waals surface area contributed by atoms with Crippen LogP contribution < -0.4 is 5.32 Å². The molecule has 0 radical (unpaired) electrons. The number of piperazine rings is 1. The van der Waals surface area contributed by atoms with Crippen molar-refractivity contribution >= 4 is 11.7 Å². The molecule has 1 aromatic carbocycles. The molecule has 0 spiro atoms. The third kappa shape index (κ3) is 5.79. The number of rotatable bonds is 7. The van der Waals surface area contributed by atoms with Crippen LogP contribution in [0.25, 0.3) is 0 Å². The summed E-state index contributed by atoms with van der Waals surface area (Å²) in [5.41, 5.74) is 2.04. The van der Waals surface area contributed by atoms with E-state index in [9.17, 15) is 4.79 Å². The highest BCUT2D eigenvalue weighted by Crippen LogP contribution is 2.14. The van der Waals surface area contributed by atoms with E-state index in [1.807, 2.05) is 23.1 Å². The molecule has 2 aromatic rings. The average molecular weight is 367 g/mol. The van der Waals surface area contributed by atoms with Gasteiger partial charge in [0.25, 0.3) is 5.91 Å². The number of amides is 1. The van der Waals surface area contributed by atoms with Crippen LogP contribution >= 0.6 is 0 Å². The molecule has 5 nitrogen and oxygen atoms in total. The second-order valence-electron chi connectivity index (χ2n) is 7.59. The standard InChI is InChI=1S/C22H30N4O/c1-18(2)8-10-23-21-16-20(9-11-24-21)22(27)26-14-12-25(13-15-26)17-19-6-4-3-5-7-19/h3-7,9,11,16,18H,8,10,12-15,17H2,1-2H3,(H,23,24). The van der Waals surface area contributed by atoms with E-state index in [1.54, 1.807) is 6.20 Å². The maximum Gasteiger partial charge on any atom is 0.254 e. The van der Waals surface area contributed by atoms with Gasteiger partial charge in [-0.3, -0.25) is 9.69 Å². The molecule has 1 aliphatic rings. The molecule has 1 fully saturated rings. The summed E-state index contributed by atoms with van der Waals surface area (Å²) >= 11 is 0. The highest BCUT2D eigenvalue weighted by molar-refractivity contribution is 5.94. The van der Waals surface area contributed by atoms with E-state index in [0.717, 1.165) is 51.5 Å². The largest absolute Gasteiger partial charge is 0.370 e. The molecule has 0 saturated carbocycles. The minimum absolute atomic E-state index is 0.101. The summed E-state index contributed by atoms with van der Waals surface area (Å²) in [4.78, 5) is 21.5. The Morgan fingerprint density at radius 3 is 2.56 bits per heavy atom. The van der Waals surface area contributed by atoms with Gasteiger partial charge in [0, 0.05) is 51.0 Å². The van der Waals surface area contributed by atoms with Crippen molar-refractivity contribution in [2.45, 2.75) is 26.8 Å². The van der Waals surface area contributed by atoms with Crippen LogP contribution in [-0.4, -0.2) is 53.4 Å². The van der Waals surface area contributed by atoms with Gasteiger partial charge in [-0.25, -0.2) is 4.98 Å². The number of carbonyl (C=O) groups excluding carboxylic acids is 1. The van der Waals surface area contributed by atoms with Crippen molar-refractivity contribution in [3.05, 3.63) is 59.8 Å². The third-order valence-corrected chi connectivity index (χ3v) is 4.94. The third-order valence-electron chi connectivity index (χ3n) is 4.94. The lowest BCUT2D eigenvalue weighted by Crippen LogP contribution is -2.48. The van der Waals surface area contributed by atoms with Crippen LogP contribution in [0.15, 0.2) is 48.7 Å². The Morgan fingerprint density at radius 2 is 1.85 bits per heavy atom. The highest BCUT2D eigenvalue weighted by Gasteiger charge is 2.22. The molecule has 0 atom stereocenters. The topological polar surface area (TPSA) is 48.5 Å². The predicted molar refractivity (Wildman–Crippen MR) is 110 cm³/mol. The normalized spacial score (nSPS) is 15.1. The Labute approximate surface area is 162 Å². The molecule has 1 N–H and O–H groups in total. The molecule has 1 aromatic heterocycles. The summed E-state index contributed by atoms with van der Waals surface area (Å²) in [6, 6.07) is 14.2. The van der Waals surface area contributed by atoms with E-state index >= 15 is 0 Å². The number of hydrogen-bond donors (Lipinski definition) is 1. The van der Waals surface area contributed by atoms with Gasteiger partial charge in [0.05, 0.1) is 0 Å². The second kappa shape index (κ2) is 9.51. The minimum Gasteiger partial charge on any atom is -0.370 e. The lowest BCUT2D eigenvalue weighted by molar-refractivity contribution is 0.0628. The molecule has 2 heterocycles. The summed E-state index contributed by atoms with van der Waals surface area (Å²) in [7, 11) is 0. The summed E-state index contributed by atoms with van der Waals surface area (Å²) in [6.07, 6.45) is 2.81. The van der Waals surface area contributed by atoms with E-state index in [0.29, 0.717) is 11.5 Å². The predicted octanol–water partition coefficient (Wildman–Crippen LogP) is 3.50. The van der Waals surface area contributed by atoms with Crippen molar-refractivity contribution in [1.29, 1.82) is 0 Å². The summed E-state index contributed by atoms with van der Waals surface area (Å²) in [5.74, 6) is 1.53. The van der Waals surface area contributed by atoms with Gasteiger partial charge >= 0.3 is 0 Å². The van der Waals surface area contributed by atoms with Crippen molar-refractivity contribution in [3.8, 4) is 0 Å². The Bertz CT molecular complexity index is 724. The van der Waals surface area contributed by atoms with Crippen molar-refractivity contribution < 1.29 is 4.79 Å². The average Bonchev–Trinajstić information content (AvgIpc) is 2.69. The summed E-state index contributed by atoms with van der Waals surface area (Å²) in [5, 5.41) is 3.32. The minimum atomic E-state index is 0.101. The maximum atomic E-state index is 12.9. The van der Waals surface area contributed by atoms with E-state index in [4.69, 9.17) is 0 Å². The van der Waals surface area contributed by atoms with Crippen LogP contribution in [0, 0.1) is 5.92 Å². The Morgan fingerprint density at radius 1 is 1.11 bits per heavy atom. The molecular formula is C22H30N4O. The van der Waals surface area contributed by atoms with Gasteiger partial charge < -0.3 is 10.2 Å². The first kappa shape index (κ1) is 19.4. The van der Waals surface area contributed by atoms with Crippen molar-refractivity contribution in [3.63, 3.8) is 0 Å². The van der Waals surface area contributed by atoms with Gasteiger partial charge in [0.1, 0.15) is 5.82 Å². The molecule has 27 heavy (non-hydrogen) atoms. The molecule has 5 heteroatoms. The number of carbonyl (C=O) groups is 1. The summed E-state index contributed by atoms with van der Waals surface area (Å²) < 4.78 is 0. The molecule has 1 aliphatic heterocycles. The first-order chi connectivity index (χ1) is 13.1. The fourth-order valence-electron chi connectivity index (χ4n) is 3.28. The van der Waals surface area contributed by atoms with E-state index in [-0.39, 0.29) is 5.91 Å². The highest BCUT2D eigenvalue weighted by atomic mass is 16.2. The van der Waals surface area contributed by atoms with Crippen LogP contribution in [0.2, 0.25) is 0 Å². The summed E-state index contributed by atoms with van der Waals surface area (Å²) in [6.45, 7) is 9.58. The zero-order valence-electron chi connectivity index (χ0n) is 16.4. The zero-order valence-corrected chi connectivity index (χ0v) is 16.4. The number of hydrogen-bond acceptors (Lipinski definition) is 4. The molecule has 144 valence electrons. The zero-order chi connectivity index (χ0) is 19.1. The van der Waals surface area contributed by atoms with Gasteiger partial charge in [0.15, 0.2) is 0 Å². The number of aromatic nitrogens is 1. The second-order valence-corrected chi connectivity index (χ2v) is 7.59. The van der Waals surface area contributed by atoms with Gasteiger partial charge in [0.2, 0.25) is 0 Å². The first-order valence-corrected chi connectivity index (χ1v) is 9.87. The van der Waals surface area contributed by atoms with Crippen molar-refractivity contribution in [2.24, 2.45) is 5.92 Å². The molecule has 0 unspecified atom stereocenters. The van der Waals surface area contributed by atoms with Crippen LogP contribution in [0.1, 0.15) is 36.2 Å². The van der Waals surface area contributed by atoms with E-state index in [2.05, 4.69) is 53.3 Å². The fourth-order valence-corrected chi connectivity index (χ4v) is 3.28. The fraction of sp³-hybridized carbons (Fsp3) is 0.455. The number of pyridine rings is 1. The number of nitrogens with one attached hydrogen (secondary N) is 1. The van der Waals surface area contributed by atoms with E-state index in [1.165, 1.54) is 5.56 Å². The van der Waals surface area contributed by atoms with Crippen LogP contribution in [0.5, 0.6) is 0 Å². The molecule has 0 bridgehead atoms. The van der Waals surface area contributed by atoms with E-state index < -0.39 is 0 Å². The quantitative estimate of drug-likeness (QED) is 0.815. The van der Waals surface area contributed by atoms with Gasteiger partial charge in [-0.1, -0.05) is 44.2 Å². The maximum absolute atomic E-state index is 12.9. The molecule has 1 amide bonds. The van der Waals surface area contributed by atoms with Gasteiger partial charge in [-0.2, -0.15) is 0 Å². The number of benzene rings is 1. The Kier molecular flexibility index (Phi) is 6.82. The lowest BCUT2D eigenvalue weighted by atomic mass is 10.1. The Balaban J connectivity index is 1.51. The molecule has 0 aliphatic carbocycles. The Hall–Kier alpha value is -2.40. The SMILES string of the molecule is CC(C)CCNc1cc(C(=O)N2CCN(Cc3ccccc3)CC2)ccn1. The monoisotopic (exact) mass is 366 g/mol. The smallest absolute Gasteiger partial charge is 0.254 e. The molecular weight excluding hydrogens is 336 g/mol. The molecule has 3 rings (SSSR count).